The maximum Gasteiger partial charge on any atom is 0.326 e. The van der Waals surface area contributed by atoms with E-state index in [0.29, 0.717) is 22.4 Å². The molecule has 0 N–H and O–H groups in total. The molecule has 0 fully saturated rings. The number of non-ortho nitro benzene ring substituents is 1. The summed E-state index contributed by atoms with van der Waals surface area (Å²) in [7, 11) is 0. The number of nitro groups is 1. The molecule has 1 unspecified atom stereocenters. The van der Waals surface area contributed by atoms with Crippen molar-refractivity contribution in [2.75, 3.05) is 6.54 Å². The standard InChI is InChI=1S/C19H16N2O5/c1-12-16-8-3-4-9-17(16)19(23)20(12)11-18(22)26-13(2)14-6-5-7-15(10-14)21(24)25/h3-10,13H,1,11H2,2H3. The molecule has 0 saturated heterocycles. The van der Waals surface area contributed by atoms with E-state index < -0.39 is 17.0 Å². The van der Waals surface area contributed by atoms with Crippen LogP contribution in [0.3, 0.4) is 0 Å². The number of carbonyl (C=O) groups is 2. The van der Waals surface area contributed by atoms with Gasteiger partial charge in [-0.05, 0) is 18.6 Å². The zero-order valence-corrected chi connectivity index (χ0v) is 14.0. The summed E-state index contributed by atoms with van der Waals surface area (Å²) in [5.74, 6) is -0.920. The van der Waals surface area contributed by atoms with Crippen molar-refractivity contribution >= 4 is 23.3 Å². The highest BCUT2D eigenvalue weighted by Gasteiger charge is 2.32. The number of carbonyl (C=O) groups excluding carboxylic acids is 2. The third-order valence-corrected chi connectivity index (χ3v) is 4.19. The molecule has 1 atom stereocenters. The minimum absolute atomic E-state index is 0.0797. The van der Waals surface area contributed by atoms with Crippen molar-refractivity contribution in [1.82, 2.24) is 4.90 Å². The minimum atomic E-state index is -0.684. The molecule has 0 saturated carbocycles. The third kappa shape index (κ3) is 3.19. The normalized spacial score (nSPS) is 14.1. The fraction of sp³-hybridized carbons (Fsp3) is 0.158. The first-order valence-electron chi connectivity index (χ1n) is 7.92. The SMILES string of the molecule is C=C1c2ccccc2C(=O)N1CC(=O)OC(C)c1cccc([N+](=O)[O-])c1. The maximum atomic E-state index is 12.4. The fourth-order valence-electron chi connectivity index (χ4n) is 2.82. The molecule has 1 aliphatic heterocycles. The monoisotopic (exact) mass is 352 g/mol. The summed E-state index contributed by atoms with van der Waals surface area (Å²) in [6.45, 7) is 5.22. The number of fused-ring (bicyclic) bond motifs is 1. The lowest BCUT2D eigenvalue weighted by Crippen LogP contribution is -2.30. The van der Waals surface area contributed by atoms with Gasteiger partial charge in [0, 0.05) is 29.0 Å². The molecule has 1 aliphatic rings. The van der Waals surface area contributed by atoms with E-state index in [1.807, 2.05) is 0 Å². The fourth-order valence-corrected chi connectivity index (χ4v) is 2.82. The van der Waals surface area contributed by atoms with Crippen molar-refractivity contribution in [2.45, 2.75) is 13.0 Å². The highest BCUT2D eigenvalue weighted by molar-refractivity contribution is 6.10. The van der Waals surface area contributed by atoms with Crippen LogP contribution in [0.4, 0.5) is 5.69 Å². The van der Waals surface area contributed by atoms with Gasteiger partial charge in [0.25, 0.3) is 11.6 Å². The molecule has 2 aromatic carbocycles. The molecule has 26 heavy (non-hydrogen) atoms. The minimum Gasteiger partial charge on any atom is -0.456 e. The second-order valence-electron chi connectivity index (χ2n) is 5.87. The van der Waals surface area contributed by atoms with Crippen molar-refractivity contribution in [2.24, 2.45) is 0 Å². The smallest absolute Gasteiger partial charge is 0.326 e. The van der Waals surface area contributed by atoms with Gasteiger partial charge in [-0.1, -0.05) is 36.9 Å². The van der Waals surface area contributed by atoms with Crippen LogP contribution in [0.5, 0.6) is 0 Å². The average molecular weight is 352 g/mol. The van der Waals surface area contributed by atoms with Crippen LogP contribution < -0.4 is 0 Å². The Labute approximate surface area is 149 Å². The molecule has 0 aliphatic carbocycles. The maximum absolute atomic E-state index is 12.4. The van der Waals surface area contributed by atoms with E-state index in [2.05, 4.69) is 6.58 Å². The van der Waals surface area contributed by atoms with Gasteiger partial charge in [-0.25, -0.2) is 0 Å². The predicted octanol–water partition coefficient (Wildman–Crippen LogP) is 3.33. The summed E-state index contributed by atoms with van der Waals surface area (Å²) in [5.41, 5.74) is 2.06. The number of nitro benzene ring substituents is 1. The number of esters is 1. The summed E-state index contributed by atoms with van der Waals surface area (Å²) < 4.78 is 5.33. The van der Waals surface area contributed by atoms with E-state index in [4.69, 9.17) is 4.74 Å². The van der Waals surface area contributed by atoms with Crippen LogP contribution in [0.15, 0.2) is 55.1 Å². The quantitative estimate of drug-likeness (QED) is 0.468. The highest BCUT2D eigenvalue weighted by atomic mass is 16.6. The third-order valence-electron chi connectivity index (χ3n) is 4.19. The zero-order valence-electron chi connectivity index (χ0n) is 14.0. The van der Waals surface area contributed by atoms with E-state index in [-0.39, 0.29) is 18.1 Å². The predicted molar refractivity (Wildman–Crippen MR) is 94.1 cm³/mol. The van der Waals surface area contributed by atoms with Crippen LogP contribution in [-0.4, -0.2) is 28.2 Å². The topological polar surface area (TPSA) is 89.8 Å². The lowest BCUT2D eigenvalue weighted by atomic mass is 10.1. The number of hydrogen-bond donors (Lipinski definition) is 0. The van der Waals surface area contributed by atoms with E-state index in [0.717, 1.165) is 0 Å². The lowest BCUT2D eigenvalue weighted by molar-refractivity contribution is -0.385. The Morgan fingerprint density at radius 1 is 1.23 bits per heavy atom. The first kappa shape index (κ1) is 17.3. The lowest BCUT2D eigenvalue weighted by Gasteiger charge is -2.19. The van der Waals surface area contributed by atoms with Gasteiger partial charge in [0.2, 0.25) is 0 Å². The van der Waals surface area contributed by atoms with Gasteiger partial charge >= 0.3 is 5.97 Å². The second-order valence-corrected chi connectivity index (χ2v) is 5.87. The summed E-state index contributed by atoms with van der Waals surface area (Å²) in [6.07, 6.45) is -0.684. The Kier molecular flexibility index (Phi) is 4.53. The molecular weight excluding hydrogens is 336 g/mol. The van der Waals surface area contributed by atoms with E-state index in [9.17, 15) is 19.7 Å². The van der Waals surface area contributed by atoms with Crippen molar-refractivity contribution < 1.29 is 19.2 Å². The Hall–Kier alpha value is -3.48. The molecular formula is C19H16N2O5. The number of benzene rings is 2. The molecule has 7 nitrogen and oxygen atoms in total. The Morgan fingerprint density at radius 3 is 2.58 bits per heavy atom. The van der Waals surface area contributed by atoms with Crippen molar-refractivity contribution in [3.63, 3.8) is 0 Å². The molecule has 2 aromatic rings. The molecule has 0 aromatic heterocycles. The van der Waals surface area contributed by atoms with E-state index in [1.54, 1.807) is 37.3 Å². The first-order valence-corrected chi connectivity index (χ1v) is 7.92. The van der Waals surface area contributed by atoms with E-state index >= 15 is 0 Å². The molecule has 7 heteroatoms. The van der Waals surface area contributed by atoms with Gasteiger partial charge in [-0.3, -0.25) is 24.6 Å². The van der Waals surface area contributed by atoms with Gasteiger partial charge in [-0.15, -0.1) is 0 Å². The van der Waals surface area contributed by atoms with Crippen LogP contribution in [0.1, 0.15) is 34.5 Å². The summed E-state index contributed by atoms with van der Waals surface area (Å²) in [5, 5.41) is 10.9. The molecule has 0 bridgehead atoms. The summed E-state index contributed by atoms with van der Waals surface area (Å²) in [6, 6.07) is 12.9. The number of amides is 1. The second kappa shape index (κ2) is 6.79. The van der Waals surface area contributed by atoms with Gasteiger partial charge in [0.1, 0.15) is 12.6 Å². The largest absolute Gasteiger partial charge is 0.456 e. The molecule has 0 radical (unpaired) electrons. The van der Waals surface area contributed by atoms with Crippen LogP contribution in [0.25, 0.3) is 5.70 Å². The zero-order chi connectivity index (χ0) is 18.8. The van der Waals surface area contributed by atoms with Crippen LogP contribution in [0, 0.1) is 10.1 Å². The summed E-state index contributed by atoms with van der Waals surface area (Å²) in [4.78, 5) is 36.3. The number of ether oxygens (including phenoxy) is 1. The number of nitrogens with zero attached hydrogens (tertiary/aromatic N) is 2. The van der Waals surface area contributed by atoms with Crippen molar-refractivity contribution in [1.29, 1.82) is 0 Å². The van der Waals surface area contributed by atoms with Gasteiger partial charge in [0.05, 0.1) is 4.92 Å². The molecule has 1 amide bonds. The highest BCUT2D eigenvalue weighted by Crippen LogP contribution is 2.31. The number of rotatable bonds is 5. The average Bonchev–Trinajstić information content (AvgIpc) is 2.87. The van der Waals surface area contributed by atoms with Gasteiger partial charge in [0.15, 0.2) is 0 Å². The molecule has 1 heterocycles. The molecule has 132 valence electrons. The first-order chi connectivity index (χ1) is 12.4. The van der Waals surface area contributed by atoms with Gasteiger partial charge in [-0.2, -0.15) is 0 Å². The van der Waals surface area contributed by atoms with Crippen molar-refractivity contribution in [3.05, 3.63) is 81.9 Å². The Bertz CT molecular complexity index is 887. The number of hydrogen-bond acceptors (Lipinski definition) is 5. The summed E-state index contributed by atoms with van der Waals surface area (Å²) >= 11 is 0. The van der Waals surface area contributed by atoms with Crippen molar-refractivity contribution in [3.8, 4) is 0 Å². The van der Waals surface area contributed by atoms with E-state index in [1.165, 1.54) is 23.1 Å². The van der Waals surface area contributed by atoms with Gasteiger partial charge < -0.3 is 4.74 Å². The van der Waals surface area contributed by atoms with Crippen LogP contribution in [-0.2, 0) is 9.53 Å². The van der Waals surface area contributed by atoms with Crippen LogP contribution >= 0.6 is 0 Å². The van der Waals surface area contributed by atoms with Crippen LogP contribution in [0.2, 0.25) is 0 Å². The Morgan fingerprint density at radius 2 is 1.92 bits per heavy atom. The molecule has 0 spiro atoms. The molecule has 3 rings (SSSR count). The Balaban J connectivity index is 1.68.